The maximum absolute atomic E-state index is 4.55. The van der Waals surface area contributed by atoms with Crippen molar-refractivity contribution in [3.63, 3.8) is 0 Å². The lowest BCUT2D eigenvalue weighted by Gasteiger charge is -2.07. The molecule has 1 atom stereocenters. The van der Waals surface area contributed by atoms with Gasteiger partial charge in [-0.3, -0.25) is 0 Å². The standard InChI is InChI=1S/C11H16BrN3/c1-4-13-10-8(12)6-14-9(15-10)7-5-11(7,2)3/h6-7H,4-5H2,1-3H3,(H,13,14,15). The number of nitrogens with one attached hydrogen (secondary N) is 1. The normalized spacial score (nSPS) is 22.5. The second-order valence-electron chi connectivity index (χ2n) is 4.70. The van der Waals surface area contributed by atoms with Gasteiger partial charge in [-0.1, -0.05) is 13.8 Å². The van der Waals surface area contributed by atoms with Gasteiger partial charge < -0.3 is 5.32 Å². The van der Waals surface area contributed by atoms with Crippen LogP contribution in [0.3, 0.4) is 0 Å². The van der Waals surface area contributed by atoms with E-state index in [1.165, 1.54) is 6.42 Å². The van der Waals surface area contributed by atoms with Gasteiger partial charge in [0.05, 0.1) is 4.47 Å². The number of hydrogen-bond acceptors (Lipinski definition) is 3. The minimum absolute atomic E-state index is 0.386. The van der Waals surface area contributed by atoms with Crippen LogP contribution in [0.2, 0.25) is 0 Å². The lowest BCUT2D eigenvalue weighted by atomic mass is 10.1. The Morgan fingerprint density at radius 3 is 2.80 bits per heavy atom. The zero-order chi connectivity index (χ0) is 11.1. The third-order valence-electron chi connectivity index (χ3n) is 2.93. The van der Waals surface area contributed by atoms with Crippen LogP contribution >= 0.6 is 15.9 Å². The first-order valence-electron chi connectivity index (χ1n) is 5.31. The van der Waals surface area contributed by atoms with E-state index >= 15 is 0 Å². The third-order valence-corrected chi connectivity index (χ3v) is 3.51. The Morgan fingerprint density at radius 2 is 2.27 bits per heavy atom. The molecule has 1 aliphatic carbocycles. The third kappa shape index (κ3) is 2.14. The zero-order valence-electron chi connectivity index (χ0n) is 9.34. The lowest BCUT2D eigenvalue weighted by molar-refractivity contribution is 0.608. The Morgan fingerprint density at radius 1 is 1.60 bits per heavy atom. The van der Waals surface area contributed by atoms with E-state index in [0.29, 0.717) is 11.3 Å². The smallest absolute Gasteiger partial charge is 0.144 e. The first-order chi connectivity index (χ1) is 7.04. The number of aromatic nitrogens is 2. The number of anilines is 1. The Bertz CT molecular complexity index is 376. The van der Waals surface area contributed by atoms with Gasteiger partial charge >= 0.3 is 0 Å². The van der Waals surface area contributed by atoms with Crippen LogP contribution in [0, 0.1) is 5.41 Å². The van der Waals surface area contributed by atoms with Crippen molar-refractivity contribution in [2.75, 3.05) is 11.9 Å². The summed E-state index contributed by atoms with van der Waals surface area (Å²) in [4.78, 5) is 8.93. The molecule has 1 unspecified atom stereocenters. The van der Waals surface area contributed by atoms with Crippen LogP contribution in [0.4, 0.5) is 5.82 Å². The summed E-state index contributed by atoms with van der Waals surface area (Å²) in [7, 11) is 0. The van der Waals surface area contributed by atoms with Gasteiger partial charge in [0.25, 0.3) is 0 Å². The Balaban J connectivity index is 2.24. The molecule has 0 aromatic carbocycles. The molecule has 2 rings (SSSR count). The molecule has 0 spiro atoms. The summed E-state index contributed by atoms with van der Waals surface area (Å²) in [5, 5.41) is 3.23. The Kier molecular flexibility index (Phi) is 2.71. The summed E-state index contributed by atoms with van der Waals surface area (Å²) in [6, 6.07) is 0. The molecule has 0 bridgehead atoms. The summed E-state index contributed by atoms with van der Waals surface area (Å²) in [5.41, 5.74) is 0.386. The minimum atomic E-state index is 0.386. The van der Waals surface area contributed by atoms with Gasteiger partial charge in [-0.2, -0.15) is 0 Å². The molecular weight excluding hydrogens is 254 g/mol. The molecule has 1 saturated carbocycles. The average Bonchev–Trinajstić information content (AvgIpc) is 2.80. The molecule has 1 N–H and O–H groups in total. The van der Waals surface area contributed by atoms with E-state index < -0.39 is 0 Å². The van der Waals surface area contributed by atoms with Crippen molar-refractivity contribution in [2.45, 2.75) is 33.1 Å². The van der Waals surface area contributed by atoms with Gasteiger partial charge in [-0.05, 0) is 34.7 Å². The maximum Gasteiger partial charge on any atom is 0.144 e. The molecule has 1 aliphatic rings. The first-order valence-corrected chi connectivity index (χ1v) is 6.10. The molecule has 1 fully saturated rings. The summed E-state index contributed by atoms with van der Waals surface area (Å²) in [6.45, 7) is 7.46. The lowest BCUT2D eigenvalue weighted by Crippen LogP contribution is -2.04. The van der Waals surface area contributed by atoms with Crippen LogP contribution in [0.1, 0.15) is 38.9 Å². The summed E-state index contributed by atoms with van der Waals surface area (Å²) < 4.78 is 0.937. The van der Waals surface area contributed by atoms with Crippen molar-refractivity contribution >= 4 is 21.7 Å². The van der Waals surface area contributed by atoms with Crippen LogP contribution in [0.5, 0.6) is 0 Å². The summed E-state index contributed by atoms with van der Waals surface area (Å²) in [6.07, 6.45) is 3.04. The molecule has 0 radical (unpaired) electrons. The molecule has 0 aliphatic heterocycles. The zero-order valence-corrected chi connectivity index (χ0v) is 10.9. The van der Waals surface area contributed by atoms with Crippen LogP contribution < -0.4 is 5.32 Å². The van der Waals surface area contributed by atoms with E-state index in [0.717, 1.165) is 22.7 Å². The fraction of sp³-hybridized carbons (Fsp3) is 0.636. The van der Waals surface area contributed by atoms with Crippen LogP contribution in [-0.4, -0.2) is 16.5 Å². The predicted octanol–water partition coefficient (Wildman–Crippen LogP) is 3.18. The molecule has 4 heteroatoms. The maximum atomic E-state index is 4.55. The van der Waals surface area contributed by atoms with E-state index in [-0.39, 0.29) is 0 Å². The highest BCUT2D eigenvalue weighted by Crippen LogP contribution is 2.57. The molecule has 1 heterocycles. The number of nitrogens with zero attached hydrogens (tertiary/aromatic N) is 2. The second kappa shape index (κ2) is 3.74. The van der Waals surface area contributed by atoms with E-state index in [4.69, 9.17) is 0 Å². The SMILES string of the molecule is CCNc1nc(C2CC2(C)C)ncc1Br. The first kappa shape index (κ1) is 10.9. The van der Waals surface area contributed by atoms with Gasteiger partial charge in [-0.25, -0.2) is 9.97 Å². The minimum Gasteiger partial charge on any atom is -0.369 e. The van der Waals surface area contributed by atoms with E-state index in [9.17, 15) is 0 Å². The summed E-state index contributed by atoms with van der Waals surface area (Å²) in [5.74, 6) is 2.41. The van der Waals surface area contributed by atoms with E-state index in [1.807, 2.05) is 6.20 Å². The van der Waals surface area contributed by atoms with Gasteiger partial charge in [-0.15, -0.1) is 0 Å². The van der Waals surface area contributed by atoms with Crippen molar-refractivity contribution in [1.82, 2.24) is 9.97 Å². The molecular formula is C11H16BrN3. The quantitative estimate of drug-likeness (QED) is 0.916. The fourth-order valence-corrected chi connectivity index (χ4v) is 2.08. The van der Waals surface area contributed by atoms with Gasteiger partial charge in [0, 0.05) is 18.7 Å². The second-order valence-corrected chi connectivity index (χ2v) is 5.55. The van der Waals surface area contributed by atoms with Gasteiger partial charge in [0.2, 0.25) is 0 Å². The van der Waals surface area contributed by atoms with Crippen LogP contribution in [0.15, 0.2) is 10.7 Å². The van der Waals surface area contributed by atoms with Crippen molar-refractivity contribution in [3.8, 4) is 0 Å². The van der Waals surface area contributed by atoms with Crippen molar-refractivity contribution in [3.05, 3.63) is 16.5 Å². The summed E-state index contributed by atoms with van der Waals surface area (Å²) >= 11 is 3.44. The largest absolute Gasteiger partial charge is 0.369 e. The highest BCUT2D eigenvalue weighted by atomic mass is 79.9. The molecule has 15 heavy (non-hydrogen) atoms. The van der Waals surface area contributed by atoms with Crippen molar-refractivity contribution < 1.29 is 0 Å². The Labute approximate surface area is 98.8 Å². The van der Waals surface area contributed by atoms with Gasteiger partial charge in [0.1, 0.15) is 11.6 Å². The van der Waals surface area contributed by atoms with Crippen molar-refractivity contribution in [1.29, 1.82) is 0 Å². The molecule has 82 valence electrons. The van der Waals surface area contributed by atoms with Crippen LogP contribution in [0.25, 0.3) is 0 Å². The fourth-order valence-electron chi connectivity index (χ4n) is 1.75. The molecule has 3 nitrogen and oxygen atoms in total. The number of hydrogen-bond donors (Lipinski definition) is 1. The monoisotopic (exact) mass is 269 g/mol. The molecule has 1 aromatic rings. The number of halogens is 1. The van der Waals surface area contributed by atoms with Crippen LogP contribution in [-0.2, 0) is 0 Å². The topological polar surface area (TPSA) is 37.8 Å². The highest BCUT2D eigenvalue weighted by molar-refractivity contribution is 9.10. The molecule has 1 aromatic heterocycles. The van der Waals surface area contributed by atoms with E-state index in [2.05, 4.69) is 52.0 Å². The average molecular weight is 270 g/mol. The predicted molar refractivity (Wildman–Crippen MR) is 65.0 cm³/mol. The molecule has 0 saturated heterocycles. The highest BCUT2D eigenvalue weighted by Gasteiger charge is 2.48. The number of rotatable bonds is 3. The van der Waals surface area contributed by atoms with Gasteiger partial charge in [0.15, 0.2) is 0 Å². The Hall–Kier alpha value is -0.640. The molecule has 0 amide bonds. The van der Waals surface area contributed by atoms with E-state index in [1.54, 1.807) is 0 Å². The van der Waals surface area contributed by atoms with Crippen molar-refractivity contribution in [2.24, 2.45) is 5.41 Å².